The van der Waals surface area contributed by atoms with Crippen LogP contribution in [0.15, 0.2) is 0 Å². The van der Waals surface area contributed by atoms with Crippen LogP contribution in [0.4, 0.5) is 0 Å². The van der Waals surface area contributed by atoms with Gasteiger partial charge in [-0.2, -0.15) is 0 Å². The quantitative estimate of drug-likeness (QED) is 0.652. The Morgan fingerprint density at radius 3 is 2.00 bits per heavy atom. The first-order valence-electron chi connectivity index (χ1n) is 6.97. The maximum absolute atomic E-state index is 3.60. The predicted octanol–water partition coefficient (Wildman–Crippen LogP) is 2.99. The van der Waals surface area contributed by atoms with E-state index in [4.69, 9.17) is 0 Å². The Balaban J connectivity index is 4.13. The van der Waals surface area contributed by atoms with Crippen LogP contribution in [0.2, 0.25) is 0 Å². The normalized spacial score (nSPS) is 14.1. The molecule has 0 saturated heterocycles. The largest absolute Gasteiger partial charge is 0.315 e. The fourth-order valence-electron chi connectivity index (χ4n) is 2.15. The fraction of sp³-hybridized carbons (Fsp3) is 1.00. The van der Waals surface area contributed by atoms with Crippen LogP contribution in [0.1, 0.15) is 48.0 Å². The first-order chi connectivity index (χ1) is 7.52. The van der Waals surface area contributed by atoms with Crippen LogP contribution in [0.25, 0.3) is 0 Å². The van der Waals surface area contributed by atoms with Gasteiger partial charge in [0.15, 0.2) is 0 Å². The molecule has 0 aliphatic rings. The lowest BCUT2D eigenvalue weighted by molar-refractivity contribution is 0.158. The molecule has 0 radical (unpaired) electrons. The molecule has 98 valence electrons. The number of hydrogen-bond donors (Lipinski definition) is 1. The highest BCUT2D eigenvalue weighted by molar-refractivity contribution is 4.76. The van der Waals surface area contributed by atoms with Gasteiger partial charge in [0.25, 0.3) is 0 Å². The van der Waals surface area contributed by atoms with Crippen LogP contribution in [-0.4, -0.2) is 37.1 Å². The summed E-state index contributed by atoms with van der Waals surface area (Å²) in [6, 6.07) is 0.684. The number of hydrogen-bond acceptors (Lipinski definition) is 2. The summed E-state index contributed by atoms with van der Waals surface area (Å²) in [6.07, 6.45) is 1.25. The second-order valence-electron chi connectivity index (χ2n) is 5.49. The Labute approximate surface area is 103 Å². The van der Waals surface area contributed by atoms with Crippen LogP contribution < -0.4 is 5.32 Å². The Morgan fingerprint density at radius 2 is 1.62 bits per heavy atom. The lowest BCUT2D eigenvalue weighted by Crippen LogP contribution is -2.46. The van der Waals surface area contributed by atoms with Gasteiger partial charge in [-0.15, -0.1) is 0 Å². The molecule has 2 nitrogen and oxygen atoms in total. The van der Waals surface area contributed by atoms with E-state index in [0.29, 0.717) is 6.04 Å². The van der Waals surface area contributed by atoms with E-state index < -0.39 is 0 Å². The van der Waals surface area contributed by atoms with Crippen LogP contribution in [0, 0.1) is 11.8 Å². The molecule has 1 unspecified atom stereocenters. The van der Waals surface area contributed by atoms with Crippen LogP contribution in [-0.2, 0) is 0 Å². The van der Waals surface area contributed by atoms with E-state index in [1.54, 1.807) is 0 Å². The van der Waals surface area contributed by atoms with Crippen molar-refractivity contribution in [1.82, 2.24) is 10.2 Å². The van der Waals surface area contributed by atoms with Gasteiger partial charge in [-0.05, 0) is 37.9 Å². The van der Waals surface area contributed by atoms with Gasteiger partial charge in [-0.3, -0.25) is 4.90 Å². The summed E-state index contributed by atoms with van der Waals surface area (Å²) in [7, 11) is 0. The lowest BCUT2D eigenvalue weighted by Gasteiger charge is -2.34. The van der Waals surface area contributed by atoms with Crippen molar-refractivity contribution in [3.63, 3.8) is 0 Å². The van der Waals surface area contributed by atoms with Gasteiger partial charge in [-0.1, -0.05) is 41.5 Å². The topological polar surface area (TPSA) is 15.3 Å². The molecule has 0 aliphatic heterocycles. The molecule has 0 fully saturated rings. The first-order valence-corrected chi connectivity index (χ1v) is 6.97. The van der Waals surface area contributed by atoms with E-state index in [2.05, 4.69) is 51.8 Å². The molecule has 0 bridgehead atoms. The third-order valence-electron chi connectivity index (χ3n) is 3.06. The van der Waals surface area contributed by atoms with Crippen molar-refractivity contribution in [3.8, 4) is 0 Å². The zero-order chi connectivity index (χ0) is 12.6. The molecule has 0 spiro atoms. The average molecular weight is 228 g/mol. The molecule has 0 heterocycles. The molecule has 0 aliphatic carbocycles. The van der Waals surface area contributed by atoms with Gasteiger partial charge in [0.05, 0.1) is 0 Å². The molecule has 2 heteroatoms. The van der Waals surface area contributed by atoms with Crippen molar-refractivity contribution in [2.24, 2.45) is 11.8 Å². The Bertz CT molecular complexity index is 155. The Hall–Kier alpha value is -0.0800. The molecule has 16 heavy (non-hydrogen) atoms. The molecule has 1 atom stereocenters. The fourth-order valence-corrected chi connectivity index (χ4v) is 2.15. The highest BCUT2D eigenvalue weighted by Crippen LogP contribution is 2.10. The minimum Gasteiger partial charge on any atom is -0.315 e. The van der Waals surface area contributed by atoms with E-state index in [9.17, 15) is 0 Å². The highest BCUT2D eigenvalue weighted by atomic mass is 15.2. The molecular formula is C14H32N2. The van der Waals surface area contributed by atoms with Crippen LogP contribution in [0.5, 0.6) is 0 Å². The maximum atomic E-state index is 3.60. The summed E-state index contributed by atoms with van der Waals surface area (Å²) >= 11 is 0. The Morgan fingerprint density at radius 1 is 1.00 bits per heavy atom. The summed E-state index contributed by atoms with van der Waals surface area (Å²) in [5.41, 5.74) is 0. The maximum Gasteiger partial charge on any atom is 0.0243 e. The van der Waals surface area contributed by atoms with Crippen molar-refractivity contribution >= 4 is 0 Å². The summed E-state index contributed by atoms with van der Waals surface area (Å²) < 4.78 is 0. The zero-order valence-corrected chi connectivity index (χ0v) is 12.2. The van der Waals surface area contributed by atoms with Crippen molar-refractivity contribution in [2.75, 3.05) is 26.2 Å². The number of rotatable bonds is 9. The summed E-state index contributed by atoms with van der Waals surface area (Å²) in [5, 5.41) is 3.60. The number of nitrogens with zero attached hydrogens (tertiary/aromatic N) is 1. The smallest absolute Gasteiger partial charge is 0.0243 e. The van der Waals surface area contributed by atoms with Crippen molar-refractivity contribution in [3.05, 3.63) is 0 Å². The van der Waals surface area contributed by atoms with Crippen molar-refractivity contribution in [1.29, 1.82) is 0 Å². The summed E-state index contributed by atoms with van der Waals surface area (Å²) in [6.45, 7) is 18.4. The minimum atomic E-state index is 0.684. The molecule has 0 aromatic carbocycles. The van der Waals surface area contributed by atoms with E-state index in [1.807, 2.05) is 0 Å². The van der Waals surface area contributed by atoms with Gasteiger partial charge in [0.2, 0.25) is 0 Å². The standard InChI is InChI=1S/C14H32N2/c1-7-9-16(8-2)14(13(5)6)11-15-10-12(3)4/h12-15H,7-11H2,1-6H3. The SMILES string of the molecule is CCCN(CC)C(CNCC(C)C)C(C)C. The average Bonchev–Trinajstić information content (AvgIpc) is 2.21. The van der Waals surface area contributed by atoms with Gasteiger partial charge in [0, 0.05) is 12.6 Å². The molecule has 0 aromatic rings. The first kappa shape index (κ1) is 15.9. The predicted molar refractivity (Wildman–Crippen MR) is 73.9 cm³/mol. The molecule has 0 saturated carbocycles. The Kier molecular flexibility index (Phi) is 8.96. The molecule has 1 N–H and O–H groups in total. The second-order valence-corrected chi connectivity index (χ2v) is 5.49. The monoisotopic (exact) mass is 228 g/mol. The van der Waals surface area contributed by atoms with Crippen LogP contribution in [0.3, 0.4) is 0 Å². The summed E-state index contributed by atoms with van der Waals surface area (Å²) in [5.74, 6) is 1.47. The van der Waals surface area contributed by atoms with Gasteiger partial charge in [0.1, 0.15) is 0 Å². The second kappa shape index (κ2) is 9.00. The third-order valence-corrected chi connectivity index (χ3v) is 3.06. The highest BCUT2D eigenvalue weighted by Gasteiger charge is 2.19. The third kappa shape index (κ3) is 6.49. The molecular weight excluding hydrogens is 196 g/mol. The molecule has 0 aromatic heterocycles. The summed E-state index contributed by atoms with van der Waals surface area (Å²) in [4.78, 5) is 2.61. The van der Waals surface area contributed by atoms with Crippen LogP contribution >= 0.6 is 0 Å². The lowest BCUT2D eigenvalue weighted by atomic mass is 10.0. The van der Waals surface area contributed by atoms with E-state index in [-0.39, 0.29) is 0 Å². The molecule has 0 rings (SSSR count). The minimum absolute atomic E-state index is 0.684. The number of nitrogens with one attached hydrogen (secondary N) is 1. The van der Waals surface area contributed by atoms with E-state index in [1.165, 1.54) is 19.5 Å². The van der Waals surface area contributed by atoms with Crippen molar-refractivity contribution < 1.29 is 0 Å². The van der Waals surface area contributed by atoms with Gasteiger partial charge < -0.3 is 5.32 Å². The van der Waals surface area contributed by atoms with E-state index in [0.717, 1.165) is 24.9 Å². The van der Waals surface area contributed by atoms with Crippen molar-refractivity contribution in [2.45, 2.75) is 54.0 Å². The number of likely N-dealkylation sites (N-methyl/N-ethyl adjacent to an activating group) is 1. The van der Waals surface area contributed by atoms with Gasteiger partial charge >= 0.3 is 0 Å². The molecule has 0 amide bonds. The van der Waals surface area contributed by atoms with Gasteiger partial charge in [-0.25, -0.2) is 0 Å². The zero-order valence-electron chi connectivity index (χ0n) is 12.2. The van der Waals surface area contributed by atoms with E-state index >= 15 is 0 Å².